The second kappa shape index (κ2) is 6.69. The first-order valence-electron chi connectivity index (χ1n) is 5.80. The maximum atomic E-state index is 5.47. The van der Waals surface area contributed by atoms with Crippen LogP contribution in [0.5, 0.6) is 5.75 Å². The average Bonchev–Trinajstić information content (AvgIpc) is 2.40. The quantitative estimate of drug-likeness (QED) is 0.614. The fourth-order valence-corrected chi connectivity index (χ4v) is 4.78. The van der Waals surface area contributed by atoms with Crippen molar-refractivity contribution in [1.82, 2.24) is 4.31 Å². The Morgan fingerprint density at radius 2 is 2.24 bits per heavy atom. The smallest absolute Gasteiger partial charge is 0.247 e. The van der Waals surface area contributed by atoms with Crippen molar-refractivity contribution < 1.29 is 4.74 Å². The topological polar surface area (TPSA) is 12.5 Å². The molecule has 2 rings (SSSR count). The van der Waals surface area contributed by atoms with Crippen LogP contribution in [0.3, 0.4) is 0 Å². The number of hydrogen-bond donors (Lipinski definition) is 0. The van der Waals surface area contributed by atoms with Crippen molar-refractivity contribution in [3.63, 3.8) is 0 Å². The van der Waals surface area contributed by atoms with Crippen LogP contribution < -0.4 is 4.74 Å². The third kappa shape index (κ3) is 3.19. The summed E-state index contributed by atoms with van der Waals surface area (Å²) in [6, 6.07) is 8.79. The number of rotatable bonds is 4. The first kappa shape index (κ1) is 13.3. The van der Waals surface area contributed by atoms with Crippen LogP contribution in [0.2, 0.25) is 0 Å². The van der Waals surface area contributed by atoms with Crippen molar-refractivity contribution in [3.8, 4) is 5.75 Å². The molecule has 2 atom stereocenters. The van der Waals surface area contributed by atoms with Crippen molar-refractivity contribution in [2.24, 2.45) is 0 Å². The minimum Gasteiger partial charge on any atom is -0.496 e. The first-order chi connectivity index (χ1) is 8.36. The molecule has 0 aromatic heterocycles. The van der Waals surface area contributed by atoms with E-state index in [0.29, 0.717) is 12.6 Å². The lowest BCUT2D eigenvalue weighted by Crippen LogP contribution is -2.26. The third-order valence-corrected chi connectivity index (χ3v) is 5.45. The van der Waals surface area contributed by atoms with Gasteiger partial charge in [-0.3, -0.25) is 0 Å². The second-order valence-corrected chi connectivity index (χ2v) is 7.43. The monoisotopic (exact) mass is 286 g/mol. The van der Waals surface area contributed by atoms with Gasteiger partial charge in [-0.05, 0) is 18.9 Å². The molecule has 2 unspecified atom stereocenters. The molecule has 1 fully saturated rings. The predicted octanol–water partition coefficient (Wildman–Crippen LogP) is 3.93. The number of para-hydroxylation sites is 1. The molecular weight excluding hydrogens is 269 g/mol. The van der Waals surface area contributed by atoms with Gasteiger partial charge in [0, 0.05) is 12.1 Å². The van der Waals surface area contributed by atoms with Gasteiger partial charge in [0.1, 0.15) is 5.75 Å². The number of ether oxygens (including phenoxy) is 1. The molecule has 1 saturated heterocycles. The van der Waals surface area contributed by atoms with Crippen molar-refractivity contribution >= 4 is 29.9 Å². The zero-order valence-electron chi connectivity index (χ0n) is 9.89. The van der Waals surface area contributed by atoms with Crippen molar-refractivity contribution in [3.05, 3.63) is 29.8 Å². The summed E-state index contributed by atoms with van der Waals surface area (Å²) in [5, 5.41) is 0. The van der Waals surface area contributed by atoms with Gasteiger partial charge in [0.15, 0.2) is 23.4 Å². The van der Waals surface area contributed by atoms with Crippen LogP contribution in [-0.2, 0) is 11.8 Å². The molecule has 1 aromatic rings. The summed E-state index contributed by atoms with van der Waals surface area (Å²) < 4.78 is 7.90. The number of nitrogens with zero attached hydrogens (tertiary/aromatic N) is 1. The summed E-state index contributed by atoms with van der Waals surface area (Å²) in [7, 11) is 1.74. The summed E-state index contributed by atoms with van der Waals surface area (Å²) in [4.78, 5) is 0. The molecule has 1 heterocycles. The standard InChI is InChI=1S/C12H16NOPS2/c1-14-12-8-3-2-6-10(12)11-7-4-5-9-13(11)17-15-16/h2-3,6,8,11H,4-5,7,9H2,1H3/p+1. The Morgan fingerprint density at radius 3 is 3.00 bits per heavy atom. The molecule has 1 aliphatic heterocycles. The fraction of sp³-hybridized carbons (Fsp3) is 0.500. The maximum Gasteiger partial charge on any atom is 0.247 e. The number of piperidine rings is 1. The Kier molecular flexibility index (Phi) is 5.23. The van der Waals surface area contributed by atoms with Crippen molar-refractivity contribution in [2.45, 2.75) is 25.3 Å². The Bertz CT molecular complexity index is 389. The first-order valence-corrected chi connectivity index (χ1v) is 9.43. The van der Waals surface area contributed by atoms with Crippen molar-refractivity contribution in [1.29, 1.82) is 0 Å². The van der Waals surface area contributed by atoms with Crippen LogP contribution >= 0.6 is 18.1 Å². The van der Waals surface area contributed by atoms with Crippen LogP contribution in [0.1, 0.15) is 30.9 Å². The highest BCUT2D eigenvalue weighted by molar-refractivity contribution is 8.56. The highest BCUT2D eigenvalue weighted by atomic mass is 32.9. The highest BCUT2D eigenvalue weighted by Gasteiger charge is 2.28. The van der Waals surface area contributed by atoms with E-state index in [1.54, 1.807) is 18.7 Å². The number of hydrogen-bond acceptors (Lipinski definition) is 4. The van der Waals surface area contributed by atoms with Crippen LogP contribution in [-0.4, -0.2) is 18.0 Å². The molecule has 2 nitrogen and oxygen atoms in total. The van der Waals surface area contributed by atoms with E-state index in [-0.39, 0.29) is 0 Å². The van der Waals surface area contributed by atoms with E-state index in [9.17, 15) is 0 Å². The predicted molar refractivity (Wildman–Crippen MR) is 79.6 cm³/mol. The average molecular weight is 286 g/mol. The molecule has 0 bridgehead atoms. The van der Waals surface area contributed by atoms with Gasteiger partial charge in [0.25, 0.3) is 0 Å². The van der Waals surface area contributed by atoms with E-state index in [1.165, 1.54) is 24.8 Å². The number of methoxy groups -OCH3 is 1. The van der Waals surface area contributed by atoms with E-state index in [1.807, 2.05) is 12.1 Å². The zero-order valence-corrected chi connectivity index (χ0v) is 12.5. The Morgan fingerprint density at radius 1 is 1.41 bits per heavy atom. The van der Waals surface area contributed by atoms with Crippen LogP contribution in [0.25, 0.3) is 0 Å². The summed E-state index contributed by atoms with van der Waals surface area (Å²) in [5.74, 6) is 0.998. The molecule has 0 radical (unpaired) electrons. The van der Waals surface area contributed by atoms with E-state index < -0.39 is 0 Å². The molecular formula is C12H17NOPS2+. The van der Waals surface area contributed by atoms with Gasteiger partial charge < -0.3 is 4.74 Å². The zero-order chi connectivity index (χ0) is 12.1. The van der Waals surface area contributed by atoms with Gasteiger partial charge in [-0.2, -0.15) is 0 Å². The minimum absolute atomic E-state index is 0.459. The van der Waals surface area contributed by atoms with Crippen LogP contribution in [0.4, 0.5) is 0 Å². The minimum atomic E-state index is 0.459. The molecule has 0 N–H and O–H groups in total. The maximum absolute atomic E-state index is 5.47. The molecule has 1 aromatic carbocycles. The van der Waals surface area contributed by atoms with E-state index in [2.05, 4.69) is 16.4 Å². The summed E-state index contributed by atoms with van der Waals surface area (Å²) in [5.41, 5.74) is 1.30. The van der Waals surface area contributed by atoms with Gasteiger partial charge in [-0.1, -0.05) is 24.6 Å². The van der Waals surface area contributed by atoms with Gasteiger partial charge in [0.2, 0.25) is 6.56 Å². The van der Waals surface area contributed by atoms with Crippen LogP contribution in [0, 0.1) is 0 Å². The molecule has 1 aliphatic rings. The fourth-order valence-electron chi connectivity index (χ4n) is 2.31. The normalized spacial score (nSPS) is 21.6. The van der Waals surface area contributed by atoms with Crippen LogP contribution in [0.15, 0.2) is 24.3 Å². The molecule has 0 aliphatic carbocycles. The molecule has 5 heteroatoms. The SMILES string of the molecule is COc1ccccc1C1CCCCN1S[PH+]=S. The van der Waals surface area contributed by atoms with E-state index in [0.717, 1.165) is 12.3 Å². The van der Waals surface area contributed by atoms with E-state index in [4.69, 9.17) is 16.5 Å². The third-order valence-electron chi connectivity index (χ3n) is 3.11. The van der Waals surface area contributed by atoms with Gasteiger partial charge >= 0.3 is 0 Å². The van der Waals surface area contributed by atoms with Gasteiger partial charge in [-0.15, -0.1) is 0 Å². The number of benzene rings is 1. The highest BCUT2D eigenvalue weighted by Crippen LogP contribution is 2.42. The Hall–Kier alpha value is -0.150. The lowest BCUT2D eigenvalue weighted by molar-refractivity contribution is 0.273. The Labute approximate surface area is 113 Å². The lowest BCUT2D eigenvalue weighted by atomic mass is 9.97. The summed E-state index contributed by atoms with van der Waals surface area (Å²) in [6.07, 6.45) is 3.77. The lowest BCUT2D eigenvalue weighted by Gasteiger charge is -2.31. The summed E-state index contributed by atoms with van der Waals surface area (Å²) in [6.45, 7) is 1.64. The molecule has 0 saturated carbocycles. The van der Waals surface area contributed by atoms with Gasteiger partial charge in [-0.25, -0.2) is 4.31 Å². The molecule has 17 heavy (non-hydrogen) atoms. The van der Waals surface area contributed by atoms with Crippen molar-refractivity contribution in [2.75, 3.05) is 13.7 Å². The second-order valence-electron chi connectivity index (χ2n) is 4.07. The molecule has 0 spiro atoms. The molecule has 0 amide bonds. The summed E-state index contributed by atoms with van der Waals surface area (Å²) >= 11 is 6.91. The molecule has 92 valence electrons. The van der Waals surface area contributed by atoms with Gasteiger partial charge in [0.05, 0.1) is 13.2 Å². The largest absolute Gasteiger partial charge is 0.496 e. The van der Waals surface area contributed by atoms with E-state index >= 15 is 0 Å². The Balaban J connectivity index is 2.25.